The molecule has 2 fully saturated rings. The van der Waals surface area contributed by atoms with Crippen molar-refractivity contribution in [2.24, 2.45) is 11.8 Å². The molecule has 0 aromatic heterocycles. The van der Waals surface area contributed by atoms with E-state index in [-0.39, 0.29) is 23.7 Å². The summed E-state index contributed by atoms with van der Waals surface area (Å²) >= 11 is 0. The molecular formula is C20H29N3O5. The number of hydrogen-bond donors (Lipinski definition) is 1. The minimum Gasteiger partial charge on any atom is -0.493 e. The van der Waals surface area contributed by atoms with Crippen molar-refractivity contribution in [3.63, 3.8) is 0 Å². The van der Waals surface area contributed by atoms with Gasteiger partial charge in [-0.05, 0) is 13.0 Å². The lowest BCUT2D eigenvalue weighted by Crippen LogP contribution is -2.49. The third-order valence-electron chi connectivity index (χ3n) is 5.51. The maximum absolute atomic E-state index is 12.7. The maximum Gasteiger partial charge on any atom is 0.228 e. The molecule has 8 nitrogen and oxygen atoms in total. The highest BCUT2D eigenvalue weighted by Crippen LogP contribution is 2.43. The molecule has 28 heavy (non-hydrogen) atoms. The Bertz CT molecular complexity index is 706. The van der Waals surface area contributed by atoms with Gasteiger partial charge in [-0.25, -0.2) is 0 Å². The number of anilines is 1. The van der Waals surface area contributed by atoms with E-state index in [1.165, 1.54) is 21.3 Å². The Balaban J connectivity index is 1.60. The van der Waals surface area contributed by atoms with Gasteiger partial charge in [-0.1, -0.05) is 6.92 Å². The summed E-state index contributed by atoms with van der Waals surface area (Å²) in [4.78, 5) is 29.5. The SMILES string of the molecule is CCN1CCN(C(=O)C2CC2C(=O)Nc2cc(OC)c(OC)c(OC)c2)CC1. The van der Waals surface area contributed by atoms with E-state index in [2.05, 4.69) is 17.1 Å². The lowest BCUT2D eigenvalue weighted by molar-refractivity contribution is -0.135. The third kappa shape index (κ3) is 4.16. The predicted molar refractivity (Wildman–Crippen MR) is 105 cm³/mol. The van der Waals surface area contributed by atoms with Gasteiger partial charge in [0.15, 0.2) is 11.5 Å². The van der Waals surface area contributed by atoms with E-state index >= 15 is 0 Å². The number of amides is 2. The van der Waals surface area contributed by atoms with E-state index in [0.717, 1.165) is 32.7 Å². The molecule has 2 unspecified atom stereocenters. The highest BCUT2D eigenvalue weighted by Gasteiger charge is 2.49. The average molecular weight is 391 g/mol. The van der Waals surface area contributed by atoms with Crippen LogP contribution in [0.4, 0.5) is 5.69 Å². The number of hydrogen-bond acceptors (Lipinski definition) is 6. The van der Waals surface area contributed by atoms with Crippen molar-refractivity contribution in [2.75, 3.05) is 59.4 Å². The molecule has 0 spiro atoms. The van der Waals surface area contributed by atoms with Crippen molar-refractivity contribution < 1.29 is 23.8 Å². The summed E-state index contributed by atoms with van der Waals surface area (Å²) in [7, 11) is 4.58. The number of likely N-dealkylation sites (N-methyl/N-ethyl adjacent to an activating group) is 1. The number of nitrogens with zero attached hydrogens (tertiary/aromatic N) is 2. The van der Waals surface area contributed by atoms with Crippen LogP contribution in [0.5, 0.6) is 17.2 Å². The van der Waals surface area contributed by atoms with Gasteiger partial charge < -0.3 is 29.3 Å². The zero-order chi connectivity index (χ0) is 20.3. The van der Waals surface area contributed by atoms with Crippen LogP contribution >= 0.6 is 0 Å². The van der Waals surface area contributed by atoms with Gasteiger partial charge in [-0.3, -0.25) is 9.59 Å². The summed E-state index contributed by atoms with van der Waals surface area (Å²) in [6, 6.07) is 3.37. The van der Waals surface area contributed by atoms with Gasteiger partial charge in [0.1, 0.15) is 0 Å². The fourth-order valence-corrected chi connectivity index (χ4v) is 3.66. The zero-order valence-electron chi connectivity index (χ0n) is 17.0. The van der Waals surface area contributed by atoms with E-state index in [4.69, 9.17) is 14.2 Å². The van der Waals surface area contributed by atoms with Gasteiger partial charge in [0, 0.05) is 44.0 Å². The first kappa shape index (κ1) is 20.3. The van der Waals surface area contributed by atoms with Gasteiger partial charge in [0.05, 0.1) is 33.2 Å². The van der Waals surface area contributed by atoms with Crippen molar-refractivity contribution in [3.8, 4) is 17.2 Å². The van der Waals surface area contributed by atoms with Crippen LogP contribution in [0, 0.1) is 11.8 Å². The van der Waals surface area contributed by atoms with Crippen LogP contribution < -0.4 is 19.5 Å². The lowest BCUT2D eigenvalue weighted by Gasteiger charge is -2.34. The monoisotopic (exact) mass is 391 g/mol. The summed E-state index contributed by atoms with van der Waals surface area (Å²) in [6.45, 7) is 6.41. The second-order valence-corrected chi connectivity index (χ2v) is 7.11. The predicted octanol–water partition coefficient (Wildman–Crippen LogP) is 1.45. The molecule has 1 aromatic rings. The Morgan fingerprint density at radius 3 is 2.11 bits per heavy atom. The van der Waals surface area contributed by atoms with Gasteiger partial charge in [0.25, 0.3) is 0 Å². The first-order valence-electron chi connectivity index (χ1n) is 9.64. The van der Waals surface area contributed by atoms with Crippen molar-refractivity contribution in [1.82, 2.24) is 9.80 Å². The summed E-state index contributed by atoms with van der Waals surface area (Å²) in [5.74, 6) is 0.851. The van der Waals surface area contributed by atoms with Crippen LogP contribution in [-0.4, -0.2) is 75.7 Å². The molecule has 1 aromatic carbocycles. The second-order valence-electron chi connectivity index (χ2n) is 7.11. The van der Waals surface area contributed by atoms with Crippen LogP contribution in [0.15, 0.2) is 12.1 Å². The molecule has 154 valence electrons. The van der Waals surface area contributed by atoms with Crippen LogP contribution in [0.2, 0.25) is 0 Å². The third-order valence-corrected chi connectivity index (χ3v) is 5.51. The minimum atomic E-state index is -0.282. The van der Waals surface area contributed by atoms with Gasteiger partial charge >= 0.3 is 0 Å². The summed E-state index contributed by atoms with van der Waals surface area (Å²) < 4.78 is 15.9. The highest BCUT2D eigenvalue weighted by molar-refractivity contribution is 6.00. The van der Waals surface area contributed by atoms with Crippen molar-refractivity contribution >= 4 is 17.5 Å². The molecule has 3 rings (SSSR count). The zero-order valence-corrected chi connectivity index (χ0v) is 17.0. The van der Waals surface area contributed by atoms with E-state index in [1.807, 2.05) is 4.90 Å². The smallest absolute Gasteiger partial charge is 0.228 e. The Labute approximate surface area is 165 Å². The Kier molecular flexibility index (Phi) is 6.28. The largest absolute Gasteiger partial charge is 0.493 e. The molecule has 1 aliphatic carbocycles. The maximum atomic E-state index is 12.7. The van der Waals surface area contributed by atoms with Crippen LogP contribution in [0.3, 0.4) is 0 Å². The van der Waals surface area contributed by atoms with E-state index in [0.29, 0.717) is 29.4 Å². The van der Waals surface area contributed by atoms with Gasteiger partial charge in [-0.2, -0.15) is 0 Å². The molecule has 0 radical (unpaired) electrons. The normalized spacial score (nSPS) is 21.8. The number of piperazine rings is 1. The van der Waals surface area contributed by atoms with Crippen molar-refractivity contribution in [1.29, 1.82) is 0 Å². The number of methoxy groups -OCH3 is 3. The van der Waals surface area contributed by atoms with E-state index in [1.54, 1.807) is 12.1 Å². The summed E-state index contributed by atoms with van der Waals surface area (Å²) in [6.07, 6.45) is 0.600. The fourth-order valence-electron chi connectivity index (χ4n) is 3.66. The van der Waals surface area contributed by atoms with E-state index < -0.39 is 0 Å². The number of carbonyl (C=O) groups is 2. The highest BCUT2D eigenvalue weighted by atomic mass is 16.5. The number of nitrogens with one attached hydrogen (secondary N) is 1. The molecule has 2 aliphatic rings. The summed E-state index contributed by atoms with van der Waals surface area (Å²) in [5, 5.41) is 2.88. The van der Waals surface area contributed by atoms with Crippen LogP contribution in [0.1, 0.15) is 13.3 Å². The second kappa shape index (κ2) is 8.68. The average Bonchev–Trinajstić information content (AvgIpc) is 3.53. The topological polar surface area (TPSA) is 80.3 Å². The molecule has 8 heteroatoms. The Hall–Kier alpha value is -2.48. The minimum absolute atomic E-state index is 0.0980. The Morgan fingerprint density at radius 2 is 1.61 bits per heavy atom. The van der Waals surface area contributed by atoms with Crippen molar-refractivity contribution in [2.45, 2.75) is 13.3 Å². The molecule has 1 saturated heterocycles. The number of carbonyl (C=O) groups excluding carboxylic acids is 2. The molecule has 1 aliphatic heterocycles. The molecule has 2 amide bonds. The fraction of sp³-hybridized carbons (Fsp3) is 0.600. The first-order chi connectivity index (χ1) is 13.5. The van der Waals surface area contributed by atoms with Gasteiger partial charge in [-0.15, -0.1) is 0 Å². The molecule has 1 saturated carbocycles. The molecule has 2 atom stereocenters. The lowest BCUT2D eigenvalue weighted by atomic mass is 10.2. The first-order valence-corrected chi connectivity index (χ1v) is 9.64. The van der Waals surface area contributed by atoms with Crippen LogP contribution in [0.25, 0.3) is 0 Å². The number of ether oxygens (including phenoxy) is 3. The Morgan fingerprint density at radius 1 is 1.00 bits per heavy atom. The standard InChI is InChI=1S/C20H29N3O5/c1-5-22-6-8-23(9-7-22)20(25)15-12-14(15)19(24)21-13-10-16(26-2)18(28-4)17(11-13)27-3/h10-11,14-15H,5-9,12H2,1-4H3,(H,21,24). The quantitative estimate of drug-likeness (QED) is 0.758. The van der Waals surface area contributed by atoms with Gasteiger partial charge in [0.2, 0.25) is 17.6 Å². The number of rotatable bonds is 7. The van der Waals surface area contributed by atoms with E-state index in [9.17, 15) is 9.59 Å². The molecule has 0 bridgehead atoms. The van der Waals surface area contributed by atoms with Crippen LogP contribution in [-0.2, 0) is 9.59 Å². The number of benzene rings is 1. The molecular weight excluding hydrogens is 362 g/mol. The molecule has 1 heterocycles. The van der Waals surface area contributed by atoms with Crippen molar-refractivity contribution in [3.05, 3.63) is 12.1 Å². The summed E-state index contributed by atoms with van der Waals surface area (Å²) in [5.41, 5.74) is 0.550. The molecule has 1 N–H and O–H groups in total.